The molecule has 0 atom stereocenters. The zero-order valence-electron chi connectivity index (χ0n) is 17.2. The summed E-state index contributed by atoms with van der Waals surface area (Å²) in [6.07, 6.45) is -1.37. The van der Waals surface area contributed by atoms with Gasteiger partial charge in [-0.2, -0.15) is 13.2 Å². The summed E-state index contributed by atoms with van der Waals surface area (Å²) in [5.74, 6) is 0.150. The fraction of sp³-hybridized carbons (Fsp3) is 0.130. The van der Waals surface area contributed by atoms with Crippen molar-refractivity contribution in [1.82, 2.24) is 25.1 Å². The van der Waals surface area contributed by atoms with Crippen LogP contribution in [-0.4, -0.2) is 31.4 Å². The molecule has 33 heavy (non-hydrogen) atoms. The summed E-state index contributed by atoms with van der Waals surface area (Å²) in [6.45, 7) is 0.378. The number of aromatic nitrogens is 4. The first kappa shape index (κ1) is 22.5. The van der Waals surface area contributed by atoms with Crippen molar-refractivity contribution in [2.24, 2.45) is 0 Å². The van der Waals surface area contributed by atoms with Crippen LogP contribution in [0, 0.1) is 0 Å². The van der Waals surface area contributed by atoms with Crippen LogP contribution >= 0.6 is 11.8 Å². The van der Waals surface area contributed by atoms with Gasteiger partial charge in [-0.15, -0.1) is 10.2 Å². The third kappa shape index (κ3) is 5.58. The zero-order valence-corrected chi connectivity index (χ0v) is 18.0. The first-order chi connectivity index (χ1) is 15.9. The second-order valence-corrected chi connectivity index (χ2v) is 7.92. The van der Waals surface area contributed by atoms with Gasteiger partial charge in [0.2, 0.25) is 5.91 Å². The lowest BCUT2D eigenvalue weighted by atomic mass is 10.2. The molecule has 0 radical (unpaired) electrons. The Hall–Kier alpha value is -3.66. The zero-order chi connectivity index (χ0) is 23.3. The van der Waals surface area contributed by atoms with Gasteiger partial charge >= 0.3 is 6.18 Å². The van der Waals surface area contributed by atoms with Crippen LogP contribution in [0.3, 0.4) is 0 Å². The Kier molecular flexibility index (Phi) is 6.74. The quantitative estimate of drug-likeness (QED) is 0.395. The minimum atomic E-state index is -4.49. The van der Waals surface area contributed by atoms with E-state index in [4.69, 9.17) is 0 Å². The van der Waals surface area contributed by atoms with E-state index in [1.54, 1.807) is 30.6 Å². The average molecular weight is 469 g/mol. The summed E-state index contributed by atoms with van der Waals surface area (Å²) < 4.78 is 41.4. The summed E-state index contributed by atoms with van der Waals surface area (Å²) in [4.78, 5) is 16.3. The van der Waals surface area contributed by atoms with Crippen molar-refractivity contribution in [1.29, 1.82) is 0 Å². The average Bonchev–Trinajstić information content (AvgIpc) is 3.26. The van der Waals surface area contributed by atoms with Crippen LogP contribution in [0.1, 0.15) is 11.1 Å². The summed E-state index contributed by atoms with van der Waals surface area (Å²) in [7, 11) is 0. The van der Waals surface area contributed by atoms with E-state index in [-0.39, 0.29) is 17.3 Å². The highest BCUT2D eigenvalue weighted by atomic mass is 32.2. The SMILES string of the molecule is O=C(CSc1nnc(-c2ccncc2)n1-c1cccc(C(F)(F)F)c1)NCc1ccccc1. The first-order valence-electron chi connectivity index (χ1n) is 9.89. The predicted molar refractivity (Wildman–Crippen MR) is 119 cm³/mol. The van der Waals surface area contributed by atoms with E-state index < -0.39 is 11.7 Å². The number of rotatable bonds is 7. The van der Waals surface area contributed by atoms with Gasteiger partial charge in [0.1, 0.15) is 0 Å². The number of nitrogens with zero attached hydrogens (tertiary/aromatic N) is 4. The van der Waals surface area contributed by atoms with Crippen LogP contribution in [0.2, 0.25) is 0 Å². The van der Waals surface area contributed by atoms with Gasteiger partial charge in [0, 0.05) is 24.5 Å². The van der Waals surface area contributed by atoms with Gasteiger partial charge in [0.15, 0.2) is 11.0 Å². The topological polar surface area (TPSA) is 72.7 Å². The van der Waals surface area contributed by atoms with Crippen molar-refractivity contribution >= 4 is 17.7 Å². The molecule has 2 aromatic carbocycles. The van der Waals surface area contributed by atoms with E-state index in [1.807, 2.05) is 30.3 Å². The fourth-order valence-electron chi connectivity index (χ4n) is 3.08. The van der Waals surface area contributed by atoms with Crippen LogP contribution in [0.4, 0.5) is 13.2 Å². The monoisotopic (exact) mass is 469 g/mol. The molecule has 1 amide bonds. The molecule has 2 aromatic heterocycles. The van der Waals surface area contributed by atoms with Crippen molar-refractivity contribution in [3.8, 4) is 17.1 Å². The minimum Gasteiger partial charge on any atom is -0.351 e. The lowest BCUT2D eigenvalue weighted by Crippen LogP contribution is -2.24. The molecule has 4 aromatic rings. The smallest absolute Gasteiger partial charge is 0.351 e. The molecule has 4 rings (SSSR count). The second kappa shape index (κ2) is 9.86. The highest BCUT2D eigenvalue weighted by molar-refractivity contribution is 7.99. The van der Waals surface area contributed by atoms with Crippen molar-refractivity contribution in [3.63, 3.8) is 0 Å². The number of halogens is 3. The molecule has 0 fully saturated rings. The number of hydrogen-bond acceptors (Lipinski definition) is 5. The molecule has 0 aliphatic carbocycles. The number of pyridine rings is 1. The Bertz CT molecular complexity index is 1230. The van der Waals surface area contributed by atoms with Crippen molar-refractivity contribution in [3.05, 3.63) is 90.3 Å². The maximum Gasteiger partial charge on any atom is 0.416 e. The summed E-state index contributed by atoms with van der Waals surface area (Å²) in [6, 6.07) is 17.8. The van der Waals surface area contributed by atoms with E-state index in [1.165, 1.54) is 10.6 Å². The number of thioether (sulfide) groups is 1. The minimum absolute atomic E-state index is 0.0280. The van der Waals surface area contributed by atoms with Crippen LogP contribution in [0.5, 0.6) is 0 Å². The number of alkyl halides is 3. The van der Waals surface area contributed by atoms with Crippen LogP contribution < -0.4 is 5.32 Å². The number of amides is 1. The second-order valence-electron chi connectivity index (χ2n) is 6.98. The highest BCUT2D eigenvalue weighted by Gasteiger charge is 2.31. The Balaban J connectivity index is 1.59. The molecule has 0 aliphatic heterocycles. The summed E-state index contributed by atoms with van der Waals surface area (Å²) in [5, 5.41) is 11.4. The maximum atomic E-state index is 13.3. The number of carbonyl (C=O) groups excluding carboxylic acids is 1. The van der Waals surface area contributed by atoms with Gasteiger partial charge in [0.25, 0.3) is 0 Å². The molecule has 6 nitrogen and oxygen atoms in total. The van der Waals surface area contributed by atoms with Gasteiger partial charge in [-0.1, -0.05) is 48.2 Å². The molecule has 0 aliphatic rings. The molecule has 1 N–H and O–H groups in total. The van der Waals surface area contributed by atoms with Gasteiger partial charge in [-0.3, -0.25) is 14.3 Å². The van der Waals surface area contributed by atoms with Crippen molar-refractivity contribution < 1.29 is 18.0 Å². The normalized spacial score (nSPS) is 11.4. The first-order valence-corrected chi connectivity index (χ1v) is 10.9. The van der Waals surface area contributed by atoms with Gasteiger partial charge in [-0.25, -0.2) is 0 Å². The lowest BCUT2D eigenvalue weighted by molar-refractivity contribution is -0.137. The van der Waals surface area contributed by atoms with Crippen molar-refractivity contribution in [2.75, 3.05) is 5.75 Å². The number of nitrogens with one attached hydrogen (secondary N) is 1. The third-order valence-corrected chi connectivity index (χ3v) is 5.60. The van der Waals surface area contributed by atoms with Crippen LogP contribution in [0.15, 0.2) is 84.3 Å². The number of benzene rings is 2. The molecule has 0 saturated heterocycles. The molecule has 168 valence electrons. The Labute approximate surface area is 191 Å². The third-order valence-electron chi connectivity index (χ3n) is 4.67. The largest absolute Gasteiger partial charge is 0.416 e. The van der Waals surface area contributed by atoms with Crippen LogP contribution in [0.25, 0.3) is 17.1 Å². The maximum absolute atomic E-state index is 13.3. The van der Waals surface area contributed by atoms with E-state index in [0.29, 0.717) is 23.1 Å². The molecule has 2 heterocycles. The highest BCUT2D eigenvalue weighted by Crippen LogP contribution is 2.33. The van der Waals surface area contributed by atoms with E-state index in [2.05, 4.69) is 20.5 Å². The summed E-state index contributed by atoms with van der Waals surface area (Å²) in [5.41, 5.74) is 1.05. The Morgan fingerprint density at radius 2 is 1.73 bits per heavy atom. The molecule has 0 spiro atoms. The van der Waals surface area contributed by atoms with Gasteiger partial charge in [-0.05, 0) is 35.9 Å². The molecule has 0 unspecified atom stereocenters. The molecule has 10 heteroatoms. The van der Waals surface area contributed by atoms with Gasteiger partial charge in [0.05, 0.1) is 17.0 Å². The predicted octanol–water partition coefficient (Wildman–Crippen LogP) is 4.76. The Morgan fingerprint density at radius 3 is 2.45 bits per heavy atom. The fourth-order valence-corrected chi connectivity index (χ4v) is 3.86. The van der Waals surface area contributed by atoms with Crippen molar-refractivity contribution in [2.45, 2.75) is 17.9 Å². The number of hydrogen-bond donors (Lipinski definition) is 1. The molecular weight excluding hydrogens is 451 g/mol. The summed E-state index contributed by atoms with van der Waals surface area (Å²) >= 11 is 1.09. The van der Waals surface area contributed by atoms with E-state index >= 15 is 0 Å². The Morgan fingerprint density at radius 1 is 0.970 bits per heavy atom. The standard InChI is InChI=1S/C23H18F3N5OS/c24-23(25,26)18-7-4-8-19(13-18)31-21(17-9-11-27-12-10-17)29-30-22(31)33-15-20(32)28-14-16-5-2-1-3-6-16/h1-13H,14-15H2,(H,28,32). The van der Waals surface area contributed by atoms with Gasteiger partial charge < -0.3 is 5.32 Å². The van der Waals surface area contributed by atoms with Crippen LogP contribution in [-0.2, 0) is 17.5 Å². The van der Waals surface area contributed by atoms with E-state index in [0.717, 1.165) is 29.5 Å². The lowest BCUT2D eigenvalue weighted by Gasteiger charge is -2.13. The molecule has 0 bridgehead atoms. The molecular formula is C23H18F3N5OS. The molecule has 0 saturated carbocycles. The number of carbonyl (C=O) groups is 1. The van der Waals surface area contributed by atoms with E-state index in [9.17, 15) is 18.0 Å².